The van der Waals surface area contributed by atoms with Crippen LogP contribution in [0.5, 0.6) is 17.2 Å². The molecule has 4 rings (SSSR count). The monoisotopic (exact) mass is 486 g/mol. The van der Waals surface area contributed by atoms with Crippen molar-refractivity contribution in [2.45, 2.75) is 32.9 Å². The Morgan fingerprint density at radius 2 is 1.36 bits per heavy atom. The molecule has 0 aliphatic heterocycles. The zero-order chi connectivity index (χ0) is 25.5. The van der Waals surface area contributed by atoms with E-state index in [1.54, 1.807) is 14.2 Å². The minimum atomic E-state index is -0.313. The minimum Gasteiger partial charge on any atom is -0.497 e. The van der Waals surface area contributed by atoms with Gasteiger partial charge in [-0.1, -0.05) is 41.6 Å². The molecule has 0 saturated heterocycles. The number of ether oxygens (including phenoxy) is 3. The van der Waals surface area contributed by atoms with Crippen LogP contribution in [-0.2, 0) is 17.8 Å². The van der Waals surface area contributed by atoms with Crippen LogP contribution in [0.2, 0.25) is 0 Å². The number of carbonyl (C=O) groups excluding carboxylic acids is 1. The van der Waals surface area contributed by atoms with Crippen molar-refractivity contribution in [3.8, 4) is 17.2 Å². The fourth-order valence-corrected chi connectivity index (χ4v) is 3.92. The van der Waals surface area contributed by atoms with Crippen LogP contribution in [0.25, 0.3) is 0 Å². The maximum absolute atomic E-state index is 13.0. The summed E-state index contributed by atoms with van der Waals surface area (Å²) in [7, 11) is 3.26. The van der Waals surface area contributed by atoms with Crippen LogP contribution in [0.1, 0.15) is 39.7 Å². The Morgan fingerprint density at radius 1 is 0.833 bits per heavy atom. The Hall–Kier alpha value is -4.26. The van der Waals surface area contributed by atoms with Crippen LogP contribution < -0.4 is 19.5 Å². The summed E-state index contributed by atoms with van der Waals surface area (Å²) in [5.74, 6) is 2.90. The van der Waals surface area contributed by atoms with Crippen LogP contribution in [-0.4, -0.2) is 25.3 Å². The van der Waals surface area contributed by atoms with Crippen molar-refractivity contribution in [3.63, 3.8) is 0 Å². The van der Waals surface area contributed by atoms with Gasteiger partial charge in [-0.25, -0.2) is 0 Å². The van der Waals surface area contributed by atoms with E-state index in [9.17, 15) is 4.79 Å². The van der Waals surface area contributed by atoms with E-state index in [4.69, 9.17) is 18.7 Å². The number of aromatic nitrogens is 1. The molecule has 186 valence electrons. The molecule has 1 aromatic heterocycles. The second-order valence-corrected chi connectivity index (χ2v) is 8.46. The molecule has 3 aromatic carbocycles. The average Bonchev–Trinajstić information content (AvgIpc) is 3.23. The topological polar surface area (TPSA) is 82.8 Å². The van der Waals surface area contributed by atoms with E-state index < -0.39 is 0 Å². The van der Waals surface area contributed by atoms with Crippen molar-refractivity contribution >= 4 is 5.91 Å². The largest absolute Gasteiger partial charge is 0.497 e. The number of rotatable bonds is 10. The number of methoxy groups -OCH3 is 2. The summed E-state index contributed by atoms with van der Waals surface area (Å²) in [5.41, 5.74) is 4.57. The third-order valence-electron chi connectivity index (χ3n) is 6.06. The smallest absolute Gasteiger partial charge is 0.225 e. The van der Waals surface area contributed by atoms with E-state index in [0.717, 1.165) is 45.2 Å². The minimum absolute atomic E-state index is 0.0870. The van der Waals surface area contributed by atoms with E-state index in [0.29, 0.717) is 12.4 Å². The Morgan fingerprint density at radius 3 is 1.83 bits per heavy atom. The van der Waals surface area contributed by atoms with Gasteiger partial charge in [-0.3, -0.25) is 4.79 Å². The molecule has 0 bridgehead atoms. The Bertz CT molecular complexity index is 1210. The molecule has 0 unspecified atom stereocenters. The van der Waals surface area contributed by atoms with Crippen LogP contribution in [0.3, 0.4) is 0 Å². The lowest BCUT2D eigenvalue weighted by Gasteiger charge is -2.21. The summed E-state index contributed by atoms with van der Waals surface area (Å²) in [6, 6.07) is 22.6. The van der Waals surface area contributed by atoms with Gasteiger partial charge in [0.15, 0.2) is 0 Å². The van der Waals surface area contributed by atoms with E-state index >= 15 is 0 Å². The number of benzene rings is 3. The zero-order valence-corrected chi connectivity index (χ0v) is 20.9. The van der Waals surface area contributed by atoms with Gasteiger partial charge in [-0.05, 0) is 66.9 Å². The van der Waals surface area contributed by atoms with Crippen LogP contribution in [0.4, 0.5) is 0 Å². The van der Waals surface area contributed by atoms with Crippen molar-refractivity contribution in [1.29, 1.82) is 0 Å². The molecule has 0 aliphatic rings. The fourth-order valence-electron chi connectivity index (χ4n) is 3.92. The van der Waals surface area contributed by atoms with E-state index in [1.165, 1.54) is 0 Å². The number of nitrogens with zero attached hydrogens (tertiary/aromatic N) is 1. The van der Waals surface area contributed by atoms with Gasteiger partial charge in [0.25, 0.3) is 0 Å². The third-order valence-corrected chi connectivity index (χ3v) is 6.06. The average molecular weight is 487 g/mol. The highest BCUT2D eigenvalue weighted by Gasteiger charge is 2.18. The lowest BCUT2D eigenvalue weighted by Crippen LogP contribution is -2.30. The van der Waals surface area contributed by atoms with Crippen molar-refractivity contribution < 1.29 is 23.5 Å². The summed E-state index contributed by atoms with van der Waals surface area (Å²) in [5, 5.41) is 7.12. The summed E-state index contributed by atoms with van der Waals surface area (Å²) >= 11 is 0. The molecule has 0 fully saturated rings. The second-order valence-electron chi connectivity index (χ2n) is 8.46. The molecular weight excluding hydrogens is 456 g/mol. The van der Waals surface area contributed by atoms with Crippen molar-refractivity contribution in [2.24, 2.45) is 0 Å². The normalized spacial score (nSPS) is 10.8. The van der Waals surface area contributed by atoms with Crippen molar-refractivity contribution in [2.75, 3.05) is 14.2 Å². The van der Waals surface area contributed by atoms with Gasteiger partial charge in [-0.2, -0.15) is 0 Å². The predicted molar refractivity (Wildman–Crippen MR) is 136 cm³/mol. The molecular formula is C29H30N2O5. The van der Waals surface area contributed by atoms with Crippen LogP contribution >= 0.6 is 0 Å². The highest BCUT2D eigenvalue weighted by atomic mass is 16.5. The Labute approximate surface area is 211 Å². The molecule has 0 aliphatic carbocycles. The SMILES string of the molecule is COc1ccc(C(NC(=O)Cc2ccc(OCc3c(C)noc3C)cc2)c2ccc(OC)cc2)cc1. The summed E-state index contributed by atoms with van der Waals surface area (Å²) in [4.78, 5) is 13.0. The van der Waals surface area contributed by atoms with Gasteiger partial charge in [0.05, 0.1) is 37.9 Å². The van der Waals surface area contributed by atoms with Crippen LogP contribution in [0.15, 0.2) is 77.3 Å². The predicted octanol–water partition coefficient (Wildman–Crippen LogP) is 5.34. The van der Waals surface area contributed by atoms with Gasteiger partial charge in [-0.15, -0.1) is 0 Å². The van der Waals surface area contributed by atoms with Gasteiger partial charge >= 0.3 is 0 Å². The quantitative estimate of drug-likeness (QED) is 0.326. The molecule has 7 nitrogen and oxygen atoms in total. The first-order valence-corrected chi connectivity index (χ1v) is 11.7. The maximum Gasteiger partial charge on any atom is 0.225 e. The Balaban J connectivity index is 1.43. The summed E-state index contributed by atoms with van der Waals surface area (Å²) < 4.78 is 21.6. The fraction of sp³-hybridized carbons (Fsp3) is 0.241. The number of carbonyl (C=O) groups is 1. The van der Waals surface area contributed by atoms with E-state index in [-0.39, 0.29) is 18.4 Å². The van der Waals surface area contributed by atoms with E-state index in [1.807, 2.05) is 86.6 Å². The number of amides is 1. The van der Waals surface area contributed by atoms with Gasteiger partial charge < -0.3 is 24.1 Å². The number of nitrogens with one attached hydrogen (secondary N) is 1. The first-order valence-electron chi connectivity index (χ1n) is 11.7. The zero-order valence-electron chi connectivity index (χ0n) is 20.9. The van der Waals surface area contributed by atoms with Crippen molar-refractivity contribution in [1.82, 2.24) is 10.5 Å². The summed E-state index contributed by atoms with van der Waals surface area (Å²) in [6.45, 7) is 4.14. The first kappa shape index (κ1) is 24.9. The number of hydrogen-bond acceptors (Lipinski definition) is 6. The maximum atomic E-state index is 13.0. The highest BCUT2D eigenvalue weighted by molar-refractivity contribution is 5.79. The van der Waals surface area contributed by atoms with Gasteiger partial charge in [0.2, 0.25) is 5.91 Å². The van der Waals surface area contributed by atoms with Gasteiger partial charge in [0, 0.05) is 0 Å². The molecule has 36 heavy (non-hydrogen) atoms. The second kappa shape index (κ2) is 11.4. The molecule has 1 N–H and O–H groups in total. The molecule has 7 heteroatoms. The summed E-state index contributed by atoms with van der Waals surface area (Å²) in [6.07, 6.45) is 0.243. The Kier molecular flexibility index (Phi) is 7.90. The third kappa shape index (κ3) is 6.05. The van der Waals surface area contributed by atoms with Gasteiger partial charge in [0.1, 0.15) is 29.6 Å². The van der Waals surface area contributed by atoms with Crippen LogP contribution in [0, 0.1) is 13.8 Å². The lowest BCUT2D eigenvalue weighted by molar-refractivity contribution is -0.120. The molecule has 4 aromatic rings. The van der Waals surface area contributed by atoms with Crippen molar-refractivity contribution in [3.05, 3.63) is 107 Å². The molecule has 0 spiro atoms. The standard InChI is InChI=1S/C29H30N2O5/c1-19-27(20(2)36-31-19)18-35-26-11-5-21(6-12-26)17-28(32)30-29(22-7-13-24(33-3)14-8-22)23-9-15-25(34-4)16-10-23/h5-16,29H,17-18H2,1-4H3,(H,30,32). The molecule has 1 amide bonds. The number of hydrogen-bond donors (Lipinski definition) is 1. The molecule has 0 radical (unpaired) electrons. The first-order chi connectivity index (χ1) is 17.5. The van der Waals surface area contributed by atoms with E-state index in [2.05, 4.69) is 10.5 Å². The lowest BCUT2D eigenvalue weighted by atomic mass is 9.98. The highest BCUT2D eigenvalue weighted by Crippen LogP contribution is 2.26. The molecule has 0 atom stereocenters. The molecule has 1 heterocycles. The molecule has 0 saturated carbocycles. The number of aryl methyl sites for hydroxylation is 2.